The summed E-state index contributed by atoms with van der Waals surface area (Å²) in [6, 6.07) is 0. The quantitative estimate of drug-likeness (QED) is 0.0222. The van der Waals surface area contributed by atoms with Crippen molar-refractivity contribution >= 4 is 39.5 Å². The smallest absolute Gasteiger partial charge is 0.462 e. The van der Waals surface area contributed by atoms with E-state index in [2.05, 4.69) is 55.4 Å². The molecule has 0 fully saturated rings. The van der Waals surface area contributed by atoms with Crippen LogP contribution in [0.25, 0.3) is 0 Å². The summed E-state index contributed by atoms with van der Waals surface area (Å²) in [5, 5.41) is 10.7. The van der Waals surface area contributed by atoms with Crippen molar-refractivity contribution in [3.63, 3.8) is 0 Å². The molecule has 0 aliphatic heterocycles. The minimum atomic E-state index is -4.97. The topological polar surface area (TPSA) is 237 Å². The van der Waals surface area contributed by atoms with Crippen LogP contribution >= 0.6 is 15.6 Å². The molecule has 0 saturated carbocycles. The monoisotopic (exact) mass is 1610 g/mol. The molecule has 0 radical (unpaired) electrons. The molecule has 0 aromatic carbocycles. The third-order valence-electron chi connectivity index (χ3n) is 21.7. The number of aliphatic hydroxyl groups is 1. The van der Waals surface area contributed by atoms with E-state index in [4.69, 9.17) is 37.0 Å². The molecule has 3 unspecified atom stereocenters. The highest BCUT2D eigenvalue weighted by molar-refractivity contribution is 7.47. The molecule has 0 spiro atoms. The van der Waals surface area contributed by atoms with Crippen molar-refractivity contribution in [1.29, 1.82) is 0 Å². The van der Waals surface area contributed by atoms with Crippen LogP contribution in [0.5, 0.6) is 0 Å². The zero-order valence-corrected chi connectivity index (χ0v) is 74.7. The van der Waals surface area contributed by atoms with Crippen molar-refractivity contribution in [1.82, 2.24) is 0 Å². The van der Waals surface area contributed by atoms with E-state index in [1.807, 2.05) is 0 Å². The maximum Gasteiger partial charge on any atom is 0.472 e. The van der Waals surface area contributed by atoms with Gasteiger partial charge in [-0.25, -0.2) is 9.13 Å². The average molecular weight is 1610 g/mol. The van der Waals surface area contributed by atoms with Gasteiger partial charge in [0.2, 0.25) is 0 Å². The van der Waals surface area contributed by atoms with Crippen LogP contribution in [0, 0.1) is 23.7 Å². The first kappa shape index (κ1) is 108. The van der Waals surface area contributed by atoms with Gasteiger partial charge in [0.05, 0.1) is 26.4 Å². The second kappa shape index (κ2) is 79.5. The highest BCUT2D eigenvalue weighted by Crippen LogP contribution is 2.45. The van der Waals surface area contributed by atoms with Crippen LogP contribution in [0.1, 0.15) is 479 Å². The molecular weight excluding hydrogens is 1430 g/mol. The molecule has 0 rings (SSSR count). The molecule has 0 amide bonds. The number of carbonyl (C=O) groups excluding carboxylic acids is 4. The van der Waals surface area contributed by atoms with E-state index in [9.17, 15) is 43.2 Å². The second-order valence-corrected chi connectivity index (χ2v) is 37.3. The summed E-state index contributed by atoms with van der Waals surface area (Å²) >= 11 is 0. The van der Waals surface area contributed by atoms with E-state index in [-0.39, 0.29) is 25.7 Å². The predicted octanol–water partition coefficient (Wildman–Crippen LogP) is 27.9. The van der Waals surface area contributed by atoms with Crippen LogP contribution in [0.3, 0.4) is 0 Å². The molecule has 0 bridgehead atoms. The fraction of sp³-hybridized carbons (Fsp3) is 0.956. The van der Waals surface area contributed by atoms with Crippen molar-refractivity contribution in [2.45, 2.75) is 497 Å². The molecule has 0 heterocycles. The number of phosphoric acid groups is 2. The Morgan fingerprint density at radius 1 is 0.255 bits per heavy atom. The minimum absolute atomic E-state index is 0.107. The van der Waals surface area contributed by atoms with Crippen LogP contribution in [0.2, 0.25) is 0 Å². The SMILES string of the molecule is CCC(C)CCCCCCCCCCCCCCCCCCCCC(=O)O[C@H](COC(=O)CCCCCCCCC(C)C)COP(=O)(O)OC[C@H](O)COP(=O)(O)OC[C@@H](COC(=O)CCCCCCCCCCCCCCCCCC(C)C)OC(=O)CCCCCCCCCCCCCCCCCCCCC(C)C. The van der Waals surface area contributed by atoms with Gasteiger partial charge in [-0.1, -0.05) is 428 Å². The molecule has 110 heavy (non-hydrogen) atoms. The molecule has 0 aromatic heterocycles. The highest BCUT2D eigenvalue weighted by Gasteiger charge is 2.31. The molecule has 0 saturated heterocycles. The van der Waals surface area contributed by atoms with Gasteiger partial charge in [-0.15, -0.1) is 0 Å². The number of unbranched alkanes of at least 4 members (excludes halogenated alkanes) is 53. The molecule has 0 aromatic rings. The Bertz CT molecular complexity index is 2130. The van der Waals surface area contributed by atoms with Crippen LogP contribution in [0.4, 0.5) is 0 Å². The van der Waals surface area contributed by atoms with Gasteiger partial charge in [-0.2, -0.15) is 0 Å². The van der Waals surface area contributed by atoms with E-state index < -0.39 is 97.5 Å². The molecule has 6 atom stereocenters. The van der Waals surface area contributed by atoms with E-state index in [0.717, 1.165) is 114 Å². The van der Waals surface area contributed by atoms with Crippen LogP contribution in [-0.4, -0.2) is 96.7 Å². The third kappa shape index (κ3) is 82.6. The first-order valence-electron chi connectivity index (χ1n) is 46.7. The molecule has 654 valence electrons. The Balaban J connectivity index is 5.19. The lowest BCUT2D eigenvalue weighted by atomic mass is 9.99. The molecule has 0 aliphatic rings. The van der Waals surface area contributed by atoms with Crippen molar-refractivity contribution in [3.05, 3.63) is 0 Å². The standard InChI is InChI=1S/C91H178O17P2/c1-9-84(8)70-62-54-45-39-33-27-21-15-11-13-17-23-30-36-42-48-58-66-74-91(96)108-87(78-102-89(94)72-64-56-50-49-53-61-69-83(6)7)80-106-110(99,100)104-76-85(92)75-103-109(97,98)105-79-86(77-101-88(93)71-63-55-46-40-34-28-24-18-20-26-32-38-44-52-60-68-82(4)5)107-90(95)73-65-57-47-41-35-29-22-16-12-10-14-19-25-31-37-43-51-59-67-81(2)3/h81-87,92H,9-80H2,1-8H3,(H,97,98)(H,99,100)/t84?,85-,86-,87-/m1/s1. The molecule has 19 heteroatoms. The summed E-state index contributed by atoms with van der Waals surface area (Å²) in [5.41, 5.74) is 0. The summed E-state index contributed by atoms with van der Waals surface area (Å²) in [6.07, 6.45) is 71.1. The van der Waals surface area contributed by atoms with Crippen LogP contribution in [-0.2, 0) is 65.4 Å². The lowest BCUT2D eigenvalue weighted by Crippen LogP contribution is -2.30. The fourth-order valence-electron chi connectivity index (χ4n) is 14.2. The third-order valence-corrected chi connectivity index (χ3v) is 23.6. The van der Waals surface area contributed by atoms with Gasteiger partial charge in [-0.05, 0) is 49.4 Å². The maximum atomic E-state index is 13.2. The van der Waals surface area contributed by atoms with Gasteiger partial charge in [-0.3, -0.25) is 37.3 Å². The summed E-state index contributed by atoms with van der Waals surface area (Å²) < 4.78 is 69.0. The van der Waals surface area contributed by atoms with Gasteiger partial charge in [0.1, 0.15) is 19.3 Å². The molecule has 0 aliphatic carbocycles. The molecule has 3 N–H and O–H groups in total. The Kier molecular flexibility index (Phi) is 78.1. The summed E-state index contributed by atoms with van der Waals surface area (Å²) in [4.78, 5) is 73.3. The number of ether oxygens (including phenoxy) is 4. The van der Waals surface area contributed by atoms with Crippen molar-refractivity contribution in [2.24, 2.45) is 23.7 Å². The number of carbonyl (C=O) groups is 4. The Labute approximate surface area is 677 Å². The van der Waals surface area contributed by atoms with Crippen molar-refractivity contribution < 1.29 is 80.2 Å². The Morgan fingerprint density at radius 3 is 0.645 bits per heavy atom. The predicted molar refractivity (Wildman–Crippen MR) is 455 cm³/mol. The summed E-state index contributed by atoms with van der Waals surface area (Å²) in [5.74, 6) is 1.07. The molecular formula is C91H178O17P2. The highest BCUT2D eigenvalue weighted by atomic mass is 31.2. The fourth-order valence-corrected chi connectivity index (χ4v) is 15.7. The van der Waals surface area contributed by atoms with Gasteiger partial charge in [0.15, 0.2) is 12.2 Å². The summed E-state index contributed by atoms with van der Waals surface area (Å²) in [7, 11) is -9.94. The van der Waals surface area contributed by atoms with Crippen molar-refractivity contribution in [3.8, 4) is 0 Å². The number of rotatable bonds is 88. The molecule has 17 nitrogen and oxygen atoms in total. The van der Waals surface area contributed by atoms with Gasteiger partial charge in [0.25, 0.3) is 0 Å². The van der Waals surface area contributed by atoms with E-state index in [1.165, 1.54) is 276 Å². The van der Waals surface area contributed by atoms with Crippen LogP contribution < -0.4 is 0 Å². The first-order chi connectivity index (χ1) is 53.1. The normalized spacial score (nSPS) is 14.1. The van der Waals surface area contributed by atoms with Crippen molar-refractivity contribution in [2.75, 3.05) is 39.6 Å². The van der Waals surface area contributed by atoms with E-state index in [1.54, 1.807) is 0 Å². The van der Waals surface area contributed by atoms with Gasteiger partial charge in [0, 0.05) is 25.7 Å². The lowest BCUT2D eigenvalue weighted by molar-refractivity contribution is -0.161. The lowest BCUT2D eigenvalue weighted by Gasteiger charge is -2.21. The average Bonchev–Trinajstić information content (AvgIpc) is 0.898. The largest absolute Gasteiger partial charge is 0.472 e. The number of phosphoric ester groups is 2. The number of aliphatic hydroxyl groups excluding tert-OH is 1. The van der Waals surface area contributed by atoms with E-state index in [0.29, 0.717) is 31.6 Å². The number of hydrogen-bond donors (Lipinski definition) is 3. The second-order valence-electron chi connectivity index (χ2n) is 34.4. The number of hydrogen-bond acceptors (Lipinski definition) is 15. The first-order valence-corrected chi connectivity index (χ1v) is 49.7. The Morgan fingerprint density at radius 2 is 0.436 bits per heavy atom. The number of esters is 4. The maximum absolute atomic E-state index is 13.2. The zero-order chi connectivity index (χ0) is 80.9. The van der Waals surface area contributed by atoms with Gasteiger partial charge < -0.3 is 33.8 Å². The summed E-state index contributed by atoms with van der Waals surface area (Å²) in [6.45, 7) is 14.4. The van der Waals surface area contributed by atoms with Gasteiger partial charge >= 0.3 is 39.5 Å². The zero-order valence-electron chi connectivity index (χ0n) is 72.9. The minimum Gasteiger partial charge on any atom is -0.462 e. The Hall–Kier alpha value is -1.94. The van der Waals surface area contributed by atoms with E-state index >= 15 is 0 Å². The van der Waals surface area contributed by atoms with Crippen LogP contribution in [0.15, 0.2) is 0 Å².